The highest BCUT2D eigenvalue weighted by atomic mass is 19.4. The van der Waals surface area contributed by atoms with Gasteiger partial charge in [-0.2, -0.15) is 13.2 Å². The summed E-state index contributed by atoms with van der Waals surface area (Å²) in [7, 11) is 0.977. The number of aliphatic carboxylic acids is 1. The van der Waals surface area contributed by atoms with Gasteiger partial charge in [-0.15, -0.1) is 0 Å². The zero-order chi connectivity index (χ0) is 10.3. The molecule has 0 saturated heterocycles. The molecule has 1 rings (SSSR count). The van der Waals surface area contributed by atoms with E-state index in [1.807, 2.05) is 0 Å². The molecule has 1 unspecified atom stereocenters. The maximum Gasteiger partial charge on any atom is 0.397 e. The monoisotopic (exact) mass is 198 g/mol. The molecule has 76 valence electrons. The third-order valence-corrected chi connectivity index (χ3v) is 2.32. The van der Waals surface area contributed by atoms with Crippen LogP contribution in [-0.2, 0) is 9.53 Å². The van der Waals surface area contributed by atoms with E-state index in [4.69, 9.17) is 5.11 Å². The van der Waals surface area contributed by atoms with Crippen LogP contribution < -0.4 is 0 Å². The largest absolute Gasteiger partial charge is 0.479 e. The Kier molecular flexibility index (Phi) is 2.27. The van der Waals surface area contributed by atoms with Crippen molar-refractivity contribution in [2.75, 3.05) is 7.11 Å². The van der Waals surface area contributed by atoms with Gasteiger partial charge in [0.1, 0.15) is 5.41 Å². The quantitative estimate of drug-likeness (QED) is 0.746. The van der Waals surface area contributed by atoms with Crippen LogP contribution in [0.5, 0.6) is 0 Å². The van der Waals surface area contributed by atoms with Crippen molar-refractivity contribution in [1.29, 1.82) is 0 Å². The summed E-state index contributed by atoms with van der Waals surface area (Å²) in [5.74, 6) is -1.56. The van der Waals surface area contributed by atoms with Crippen LogP contribution in [0.4, 0.5) is 13.2 Å². The standard InChI is InChI=1S/C7H9F3O3/c1-13-4(5(11)12)6(2-3-6)7(8,9)10/h4H,2-3H2,1H3,(H,11,12). The zero-order valence-electron chi connectivity index (χ0n) is 6.89. The van der Waals surface area contributed by atoms with Crippen LogP contribution in [0.25, 0.3) is 0 Å². The average Bonchev–Trinajstić information content (AvgIpc) is 2.67. The van der Waals surface area contributed by atoms with E-state index in [9.17, 15) is 18.0 Å². The molecule has 1 saturated carbocycles. The highest BCUT2D eigenvalue weighted by Crippen LogP contribution is 2.60. The molecule has 0 aromatic heterocycles. The number of ether oxygens (including phenoxy) is 1. The van der Waals surface area contributed by atoms with Crippen molar-refractivity contribution < 1.29 is 27.8 Å². The van der Waals surface area contributed by atoms with Gasteiger partial charge in [-0.05, 0) is 12.8 Å². The van der Waals surface area contributed by atoms with E-state index in [1.54, 1.807) is 0 Å². The SMILES string of the molecule is COC(C(=O)O)C1(C(F)(F)F)CC1. The molecule has 1 aliphatic rings. The van der Waals surface area contributed by atoms with E-state index in [0.29, 0.717) is 0 Å². The first-order chi connectivity index (χ1) is 5.85. The summed E-state index contributed by atoms with van der Waals surface area (Å²) in [6, 6.07) is 0. The van der Waals surface area contributed by atoms with Gasteiger partial charge in [0.15, 0.2) is 6.10 Å². The van der Waals surface area contributed by atoms with Crippen molar-refractivity contribution >= 4 is 5.97 Å². The highest BCUT2D eigenvalue weighted by molar-refractivity contribution is 5.74. The number of hydrogen-bond acceptors (Lipinski definition) is 2. The predicted octanol–water partition coefficient (Wildman–Crippen LogP) is 1.43. The Morgan fingerprint density at radius 2 is 2.00 bits per heavy atom. The van der Waals surface area contributed by atoms with Crippen LogP contribution in [0.15, 0.2) is 0 Å². The lowest BCUT2D eigenvalue weighted by Crippen LogP contribution is -2.42. The van der Waals surface area contributed by atoms with Crippen molar-refractivity contribution in [3.63, 3.8) is 0 Å². The van der Waals surface area contributed by atoms with E-state index >= 15 is 0 Å². The second-order valence-electron chi connectivity index (χ2n) is 3.11. The summed E-state index contributed by atoms with van der Waals surface area (Å²) in [4.78, 5) is 10.4. The van der Waals surface area contributed by atoms with Gasteiger partial charge in [0, 0.05) is 7.11 Å². The maximum absolute atomic E-state index is 12.4. The fourth-order valence-corrected chi connectivity index (χ4v) is 1.39. The van der Waals surface area contributed by atoms with Crippen molar-refractivity contribution in [2.24, 2.45) is 5.41 Å². The average molecular weight is 198 g/mol. The Hall–Kier alpha value is -0.780. The van der Waals surface area contributed by atoms with Gasteiger partial charge >= 0.3 is 12.1 Å². The van der Waals surface area contributed by atoms with E-state index in [-0.39, 0.29) is 12.8 Å². The molecule has 0 aromatic carbocycles. The predicted molar refractivity (Wildman–Crippen MR) is 36.2 cm³/mol. The van der Waals surface area contributed by atoms with Crippen LogP contribution in [0.3, 0.4) is 0 Å². The van der Waals surface area contributed by atoms with Crippen LogP contribution in [0.1, 0.15) is 12.8 Å². The van der Waals surface area contributed by atoms with E-state index in [0.717, 1.165) is 7.11 Å². The normalized spacial score (nSPS) is 22.5. The topological polar surface area (TPSA) is 46.5 Å². The smallest absolute Gasteiger partial charge is 0.397 e. The number of rotatable bonds is 3. The van der Waals surface area contributed by atoms with Crippen molar-refractivity contribution in [3.8, 4) is 0 Å². The summed E-state index contributed by atoms with van der Waals surface area (Å²) in [5, 5.41) is 8.49. The Morgan fingerprint density at radius 1 is 1.54 bits per heavy atom. The minimum absolute atomic E-state index is 0.165. The molecule has 1 aliphatic carbocycles. The van der Waals surface area contributed by atoms with E-state index in [2.05, 4.69) is 4.74 Å². The lowest BCUT2D eigenvalue weighted by atomic mass is 9.98. The number of alkyl halides is 3. The molecular formula is C7H9F3O3. The summed E-state index contributed by atoms with van der Waals surface area (Å²) < 4.78 is 41.4. The van der Waals surface area contributed by atoms with Crippen LogP contribution in [0, 0.1) is 5.41 Å². The fourth-order valence-electron chi connectivity index (χ4n) is 1.39. The molecule has 3 nitrogen and oxygen atoms in total. The Labute approximate surface area is 72.5 Å². The van der Waals surface area contributed by atoms with Crippen molar-refractivity contribution in [3.05, 3.63) is 0 Å². The highest BCUT2D eigenvalue weighted by Gasteiger charge is 2.69. The molecule has 1 fully saturated rings. The molecule has 13 heavy (non-hydrogen) atoms. The van der Waals surface area contributed by atoms with E-state index in [1.165, 1.54) is 0 Å². The Balaban J connectivity index is 2.85. The van der Waals surface area contributed by atoms with Crippen molar-refractivity contribution in [2.45, 2.75) is 25.1 Å². The van der Waals surface area contributed by atoms with Gasteiger partial charge in [0.2, 0.25) is 0 Å². The minimum Gasteiger partial charge on any atom is -0.479 e. The molecular weight excluding hydrogens is 189 g/mol. The lowest BCUT2D eigenvalue weighted by molar-refractivity contribution is -0.223. The van der Waals surface area contributed by atoms with E-state index < -0.39 is 23.7 Å². The molecule has 6 heteroatoms. The molecule has 1 atom stereocenters. The molecule has 0 heterocycles. The second-order valence-corrected chi connectivity index (χ2v) is 3.11. The second kappa shape index (κ2) is 2.87. The molecule has 0 amide bonds. The van der Waals surface area contributed by atoms with Gasteiger partial charge < -0.3 is 9.84 Å². The van der Waals surface area contributed by atoms with Crippen LogP contribution in [-0.4, -0.2) is 30.5 Å². The van der Waals surface area contributed by atoms with Gasteiger partial charge in [-0.3, -0.25) is 0 Å². The van der Waals surface area contributed by atoms with Crippen molar-refractivity contribution in [1.82, 2.24) is 0 Å². The Bertz CT molecular complexity index is 220. The number of carbonyl (C=O) groups is 1. The number of carboxylic acid groups (broad SMARTS) is 1. The fraction of sp³-hybridized carbons (Fsp3) is 0.857. The summed E-state index contributed by atoms with van der Waals surface area (Å²) in [5.41, 5.74) is -2.15. The number of hydrogen-bond donors (Lipinski definition) is 1. The summed E-state index contributed by atoms with van der Waals surface area (Å²) in [6.07, 6.45) is -6.60. The maximum atomic E-state index is 12.4. The van der Waals surface area contributed by atoms with Crippen LogP contribution >= 0.6 is 0 Å². The molecule has 0 bridgehead atoms. The number of carboxylic acids is 1. The Morgan fingerprint density at radius 3 is 2.08 bits per heavy atom. The number of methoxy groups -OCH3 is 1. The van der Waals surface area contributed by atoms with Crippen LogP contribution in [0.2, 0.25) is 0 Å². The first kappa shape index (κ1) is 10.3. The summed E-state index contributed by atoms with van der Waals surface area (Å²) >= 11 is 0. The lowest BCUT2D eigenvalue weighted by Gasteiger charge is -2.24. The molecule has 0 radical (unpaired) electrons. The molecule has 0 aliphatic heterocycles. The van der Waals surface area contributed by atoms with Gasteiger partial charge in [-0.25, -0.2) is 4.79 Å². The first-order valence-electron chi connectivity index (χ1n) is 3.67. The third kappa shape index (κ3) is 1.50. The van der Waals surface area contributed by atoms with Gasteiger partial charge in [-0.1, -0.05) is 0 Å². The minimum atomic E-state index is -4.49. The summed E-state index contributed by atoms with van der Waals surface area (Å²) in [6.45, 7) is 0. The van der Waals surface area contributed by atoms with Gasteiger partial charge in [0.05, 0.1) is 0 Å². The first-order valence-corrected chi connectivity index (χ1v) is 3.67. The molecule has 1 N–H and O–H groups in total. The zero-order valence-corrected chi connectivity index (χ0v) is 6.89. The molecule has 0 aromatic rings. The third-order valence-electron chi connectivity index (χ3n) is 2.32. The number of halogens is 3. The van der Waals surface area contributed by atoms with Gasteiger partial charge in [0.25, 0.3) is 0 Å². The molecule has 0 spiro atoms.